The number of nitrogens with zero attached hydrogens (tertiary/aromatic N) is 2. The Balaban J connectivity index is 1.81. The predicted molar refractivity (Wildman–Crippen MR) is 85.0 cm³/mol. The van der Waals surface area contributed by atoms with Gasteiger partial charge in [0.1, 0.15) is 12.4 Å². The minimum atomic E-state index is -1.09. The smallest absolute Gasteiger partial charge is 0.326 e. The van der Waals surface area contributed by atoms with Crippen LogP contribution >= 0.6 is 0 Å². The first-order valence-electron chi connectivity index (χ1n) is 7.38. The molecule has 1 atom stereocenters. The van der Waals surface area contributed by atoms with Crippen LogP contribution in [0.4, 0.5) is 0 Å². The topological polar surface area (TPSA) is 110 Å². The van der Waals surface area contributed by atoms with Crippen molar-refractivity contribution in [3.63, 3.8) is 0 Å². The van der Waals surface area contributed by atoms with Crippen molar-refractivity contribution in [2.45, 2.75) is 31.7 Å². The Morgan fingerprint density at radius 1 is 1.30 bits per heavy atom. The van der Waals surface area contributed by atoms with E-state index in [9.17, 15) is 14.7 Å². The van der Waals surface area contributed by atoms with Crippen LogP contribution in [0, 0.1) is 0 Å². The van der Waals surface area contributed by atoms with Crippen LogP contribution in [0.15, 0.2) is 42.9 Å². The Kier molecular flexibility index (Phi) is 5.74. The quantitative estimate of drug-likeness (QED) is 0.622. The van der Waals surface area contributed by atoms with Gasteiger partial charge in [-0.15, -0.1) is 0 Å². The number of hydrogen-bond donors (Lipinski definition) is 3. The van der Waals surface area contributed by atoms with Crippen molar-refractivity contribution < 1.29 is 14.7 Å². The zero-order chi connectivity index (χ0) is 16.7. The van der Waals surface area contributed by atoms with Crippen LogP contribution in [-0.4, -0.2) is 32.7 Å². The summed E-state index contributed by atoms with van der Waals surface area (Å²) in [4.78, 5) is 27.0. The number of carboxylic acids is 1. The maximum absolute atomic E-state index is 11.9. The first kappa shape index (κ1) is 16.5. The third-order valence-electron chi connectivity index (χ3n) is 3.50. The summed E-state index contributed by atoms with van der Waals surface area (Å²) < 4.78 is 1.25. The number of carboxylic acid groups (broad SMARTS) is 1. The lowest BCUT2D eigenvalue weighted by molar-refractivity contribution is -0.141. The molecule has 1 aromatic heterocycles. The molecule has 0 saturated heterocycles. The molecule has 0 bridgehead atoms. The first-order valence-corrected chi connectivity index (χ1v) is 7.38. The summed E-state index contributed by atoms with van der Waals surface area (Å²) in [5, 5.41) is 11.8. The van der Waals surface area contributed by atoms with Crippen molar-refractivity contribution in [1.29, 1.82) is 0 Å². The van der Waals surface area contributed by atoms with E-state index < -0.39 is 12.0 Å². The maximum atomic E-state index is 11.9. The van der Waals surface area contributed by atoms with Gasteiger partial charge in [-0.3, -0.25) is 9.47 Å². The Labute approximate surface area is 134 Å². The van der Waals surface area contributed by atoms with E-state index in [1.54, 1.807) is 0 Å². The van der Waals surface area contributed by atoms with Crippen molar-refractivity contribution in [2.24, 2.45) is 0 Å². The lowest BCUT2D eigenvalue weighted by Gasteiger charge is -2.14. The summed E-state index contributed by atoms with van der Waals surface area (Å²) in [6.45, 7) is 0. The van der Waals surface area contributed by atoms with E-state index in [0.717, 1.165) is 12.0 Å². The second-order valence-electron chi connectivity index (χ2n) is 5.29. The third kappa shape index (κ3) is 5.14. The molecule has 4 N–H and O–H groups in total. The van der Waals surface area contributed by atoms with E-state index in [0.29, 0.717) is 12.1 Å². The van der Waals surface area contributed by atoms with Gasteiger partial charge in [-0.2, -0.15) is 0 Å². The van der Waals surface area contributed by atoms with Gasteiger partial charge in [0.2, 0.25) is 5.91 Å². The van der Waals surface area contributed by atoms with E-state index in [4.69, 9.17) is 5.84 Å². The fraction of sp³-hybridized carbons (Fsp3) is 0.312. The Hall–Kier alpha value is -2.83. The largest absolute Gasteiger partial charge is 0.480 e. The normalized spacial score (nSPS) is 11.8. The molecular weight excluding hydrogens is 296 g/mol. The number of carbonyl (C=O) groups excluding carboxylic acids is 1. The highest BCUT2D eigenvalue weighted by Gasteiger charge is 2.21. The van der Waals surface area contributed by atoms with Gasteiger partial charge in [0.05, 0.1) is 11.9 Å². The number of aliphatic carboxylic acids is 1. The first-order chi connectivity index (χ1) is 11.1. The molecule has 0 aliphatic rings. The molecule has 23 heavy (non-hydrogen) atoms. The molecule has 0 radical (unpaired) electrons. The summed E-state index contributed by atoms with van der Waals surface area (Å²) in [7, 11) is 0. The standard InChI is InChI=1S/C16H20N4O3/c17-20-11-18-10-13(20)9-14(16(22)23)19-15(21)8-4-7-12-5-2-1-3-6-12/h1-3,5-6,10-11,14H,4,7-9,17H2,(H,19,21)(H,22,23)/t14-/m1/s1. The highest BCUT2D eigenvalue weighted by molar-refractivity contribution is 5.83. The molecular formula is C16H20N4O3. The molecule has 2 rings (SSSR count). The van der Waals surface area contributed by atoms with E-state index in [1.165, 1.54) is 17.2 Å². The van der Waals surface area contributed by atoms with Crippen LogP contribution in [0.2, 0.25) is 0 Å². The second-order valence-corrected chi connectivity index (χ2v) is 5.29. The number of nitrogens with two attached hydrogens (primary N) is 1. The molecule has 2 aromatic rings. The Morgan fingerprint density at radius 3 is 2.65 bits per heavy atom. The van der Waals surface area contributed by atoms with Gasteiger partial charge < -0.3 is 16.3 Å². The molecule has 1 amide bonds. The van der Waals surface area contributed by atoms with E-state index in [1.807, 2.05) is 30.3 Å². The summed E-state index contributed by atoms with van der Waals surface area (Å²) >= 11 is 0. The predicted octanol–water partition coefficient (Wildman–Crippen LogP) is 0.732. The molecule has 0 aliphatic carbocycles. The second kappa shape index (κ2) is 7.98. The number of imidazole rings is 1. The molecule has 7 nitrogen and oxygen atoms in total. The highest BCUT2D eigenvalue weighted by Crippen LogP contribution is 2.06. The van der Waals surface area contributed by atoms with Gasteiger partial charge in [-0.1, -0.05) is 30.3 Å². The van der Waals surface area contributed by atoms with E-state index >= 15 is 0 Å². The van der Waals surface area contributed by atoms with Crippen molar-refractivity contribution in [3.05, 3.63) is 54.1 Å². The molecule has 0 fully saturated rings. The number of amides is 1. The minimum absolute atomic E-state index is 0.0935. The van der Waals surface area contributed by atoms with Crippen LogP contribution in [-0.2, 0) is 22.4 Å². The molecule has 0 spiro atoms. The fourth-order valence-corrected chi connectivity index (χ4v) is 2.26. The third-order valence-corrected chi connectivity index (χ3v) is 3.50. The van der Waals surface area contributed by atoms with Crippen LogP contribution in [0.3, 0.4) is 0 Å². The van der Waals surface area contributed by atoms with Crippen molar-refractivity contribution >= 4 is 11.9 Å². The summed E-state index contributed by atoms with van der Waals surface area (Å²) in [6, 6.07) is 8.83. The lowest BCUT2D eigenvalue weighted by atomic mass is 10.1. The van der Waals surface area contributed by atoms with Gasteiger partial charge in [-0.25, -0.2) is 9.78 Å². The average molecular weight is 316 g/mol. The summed E-state index contributed by atoms with van der Waals surface area (Å²) in [5.41, 5.74) is 1.70. The number of nitrogen functional groups attached to an aromatic ring is 1. The van der Waals surface area contributed by atoms with Gasteiger partial charge >= 0.3 is 5.97 Å². The zero-order valence-corrected chi connectivity index (χ0v) is 12.7. The molecule has 0 saturated carbocycles. The number of benzene rings is 1. The maximum Gasteiger partial charge on any atom is 0.326 e. The lowest BCUT2D eigenvalue weighted by Crippen LogP contribution is -2.42. The summed E-state index contributed by atoms with van der Waals surface area (Å²) in [6.07, 6.45) is 4.68. The van der Waals surface area contributed by atoms with Crippen molar-refractivity contribution in [1.82, 2.24) is 15.0 Å². The Bertz CT molecular complexity index is 654. The molecule has 0 unspecified atom stereocenters. The van der Waals surface area contributed by atoms with E-state index in [2.05, 4.69) is 10.3 Å². The van der Waals surface area contributed by atoms with Gasteiger partial charge in [-0.05, 0) is 18.4 Å². The molecule has 122 valence electrons. The molecule has 1 heterocycles. The van der Waals surface area contributed by atoms with Gasteiger partial charge in [0.15, 0.2) is 0 Å². The Morgan fingerprint density at radius 2 is 2.04 bits per heavy atom. The van der Waals surface area contributed by atoms with Gasteiger partial charge in [0, 0.05) is 12.8 Å². The van der Waals surface area contributed by atoms with Crippen LogP contribution in [0.1, 0.15) is 24.1 Å². The van der Waals surface area contributed by atoms with Crippen LogP contribution < -0.4 is 11.2 Å². The average Bonchev–Trinajstić information content (AvgIpc) is 2.93. The van der Waals surface area contributed by atoms with Crippen LogP contribution in [0.25, 0.3) is 0 Å². The number of aromatic nitrogens is 2. The van der Waals surface area contributed by atoms with Crippen molar-refractivity contribution in [2.75, 3.05) is 5.84 Å². The molecule has 0 aliphatic heterocycles. The number of aryl methyl sites for hydroxylation is 1. The number of nitrogens with one attached hydrogen (secondary N) is 1. The van der Waals surface area contributed by atoms with E-state index in [-0.39, 0.29) is 18.7 Å². The number of rotatable bonds is 8. The number of carbonyl (C=O) groups is 2. The summed E-state index contributed by atoms with van der Waals surface area (Å²) in [5.74, 6) is 4.24. The zero-order valence-electron chi connectivity index (χ0n) is 12.7. The van der Waals surface area contributed by atoms with Crippen molar-refractivity contribution in [3.8, 4) is 0 Å². The van der Waals surface area contributed by atoms with Crippen LogP contribution in [0.5, 0.6) is 0 Å². The van der Waals surface area contributed by atoms with Gasteiger partial charge in [0.25, 0.3) is 0 Å². The molecule has 7 heteroatoms. The number of hydrogen-bond acceptors (Lipinski definition) is 4. The minimum Gasteiger partial charge on any atom is -0.480 e. The SMILES string of the molecule is Nn1cncc1C[C@@H](NC(=O)CCCc1ccccc1)C(=O)O. The molecule has 1 aromatic carbocycles. The monoisotopic (exact) mass is 316 g/mol. The fourth-order valence-electron chi connectivity index (χ4n) is 2.26. The highest BCUT2D eigenvalue weighted by atomic mass is 16.4.